The number of nitrogens with one attached hydrogen (secondary N) is 1. The lowest BCUT2D eigenvalue weighted by molar-refractivity contribution is -0.143. The fourth-order valence-electron chi connectivity index (χ4n) is 1.17. The van der Waals surface area contributed by atoms with Crippen molar-refractivity contribution in [1.82, 2.24) is 5.32 Å². The van der Waals surface area contributed by atoms with Crippen molar-refractivity contribution in [2.75, 3.05) is 13.7 Å². The molecule has 2 N–H and O–H groups in total. The highest BCUT2D eigenvalue weighted by Crippen LogP contribution is 2.00. The minimum Gasteiger partial charge on any atom is -0.481 e. The van der Waals surface area contributed by atoms with Crippen molar-refractivity contribution in [2.24, 2.45) is 0 Å². The zero-order chi connectivity index (χ0) is 11.7. The zero-order valence-corrected chi connectivity index (χ0v) is 9.28. The topological polar surface area (TPSA) is 75.6 Å². The molecule has 0 aliphatic carbocycles. The molecule has 0 aromatic carbocycles. The molecule has 0 aromatic rings. The average molecular weight is 217 g/mol. The van der Waals surface area contributed by atoms with E-state index in [0.29, 0.717) is 6.54 Å². The first-order chi connectivity index (χ1) is 7.11. The molecular formula is C10H19NO4. The molecule has 5 nitrogen and oxygen atoms in total. The van der Waals surface area contributed by atoms with E-state index in [0.717, 1.165) is 12.8 Å². The summed E-state index contributed by atoms with van der Waals surface area (Å²) in [5, 5.41) is 11.5. The van der Waals surface area contributed by atoms with E-state index in [1.807, 2.05) is 6.92 Å². The average Bonchev–Trinajstić information content (AvgIpc) is 2.21. The van der Waals surface area contributed by atoms with E-state index in [-0.39, 0.29) is 12.8 Å². The van der Waals surface area contributed by atoms with E-state index in [4.69, 9.17) is 5.11 Å². The summed E-state index contributed by atoms with van der Waals surface area (Å²) in [5.74, 6) is -1.30. The number of rotatable bonds is 8. The quantitative estimate of drug-likeness (QED) is 0.464. The second-order valence-corrected chi connectivity index (χ2v) is 3.32. The minimum atomic E-state index is -0.902. The molecule has 0 bridgehead atoms. The van der Waals surface area contributed by atoms with Gasteiger partial charge in [-0.3, -0.25) is 9.59 Å². The van der Waals surface area contributed by atoms with E-state index < -0.39 is 18.0 Å². The molecule has 15 heavy (non-hydrogen) atoms. The van der Waals surface area contributed by atoms with Gasteiger partial charge in [0, 0.05) is 6.42 Å². The predicted molar refractivity (Wildman–Crippen MR) is 55.6 cm³/mol. The largest absolute Gasteiger partial charge is 0.481 e. The third-order valence-electron chi connectivity index (χ3n) is 2.05. The molecule has 5 heteroatoms. The maximum Gasteiger partial charge on any atom is 0.322 e. The maximum atomic E-state index is 11.2. The number of carbonyl (C=O) groups is 2. The van der Waals surface area contributed by atoms with Crippen molar-refractivity contribution in [1.29, 1.82) is 0 Å². The monoisotopic (exact) mass is 217 g/mol. The summed E-state index contributed by atoms with van der Waals surface area (Å²) in [6.45, 7) is 2.75. The van der Waals surface area contributed by atoms with Crippen LogP contribution in [0.3, 0.4) is 0 Å². The van der Waals surface area contributed by atoms with Crippen LogP contribution in [-0.4, -0.2) is 36.7 Å². The van der Waals surface area contributed by atoms with Gasteiger partial charge in [-0.25, -0.2) is 0 Å². The molecule has 88 valence electrons. The summed E-state index contributed by atoms with van der Waals surface area (Å²) >= 11 is 0. The lowest BCUT2D eigenvalue weighted by Crippen LogP contribution is -2.38. The lowest BCUT2D eigenvalue weighted by atomic mass is 10.1. The van der Waals surface area contributed by atoms with E-state index in [1.54, 1.807) is 0 Å². The Morgan fingerprint density at radius 2 is 2.13 bits per heavy atom. The fourth-order valence-corrected chi connectivity index (χ4v) is 1.17. The number of carbonyl (C=O) groups excluding carboxylic acids is 1. The number of carboxylic acid groups (broad SMARTS) is 1. The first-order valence-corrected chi connectivity index (χ1v) is 5.14. The van der Waals surface area contributed by atoms with Crippen LogP contribution >= 0.6 is 0 Å². The molecule has 0 saturated carbocycles. The van der Waals surface area contributed by atoms with Crippen molar-refractivity contribution in [3.8, 4) is 0 Å². The summed E-state index contributed by atoms with van der Waals surface area (Å²) in [7, 11) is 1.30. The van der Waals surface area contributed by atoms with Gasteiger partial charge in [0.05, 0.1) is 7.11 Å². The van der Waals surface area contributed by atoms with Crippen LogP contribution in [0.25, 0.3) is 0 Å². The molecule has 0 aromatic heterocycles. The van der Waals surface area contributed by atoms with Crippen molar-refractivity contribution in [2.45, 2.75) is 38.6 Å². The molecule has 1 atom stereocenters. The Labute approximate surface area is 89.8 Å². The first-order valence-electron chi connectivity index (χ1n) is 5.14. The standard InChI is InChI=1S/C10H19NO4/c1-3-4-7-11-8(10(14)15-2)5-6-9(12)13/h8,11H,3-7H2,1-2H3,(H,12,13). The zero-order valence-electron chi connectivity index (χ0n) is 9.28. The van der Waals surface area contributed by atoms with Crippen LogP contribution in [0.5, 0.6) is 0 Å². The Kier molecular flexibility index (Phi) is 7.62. The SMILES string of the molecule is CCCCNC(CCC(=O)O)C(=O)OC. The predicted octanol–water partition coefficient (Wildman–Crippen LogP) is 0.782. The Hall–Kier alpha value is -1.10. The van der Waals surface area contributed by atoms with Gasteiger partial charge in [-0.15, -0.1) is 0 Å². The van der Waals surface area contributed by atoms with Crippen LogP contribution in [0.1, 0.15) is 32.6 Å². The summed E-state index contributed by atoms with van der Waals surface area (Å²) in [6, 6.07) is -0.502. The normalized spacial score (nSPS) is 12.1. The smallest absolute Gasteiger partial charge is 0.322 e. The summed E-state index contributed by atoms with van der Waals surface area (Å²) in [5.41, 5.74) is 0. The third kappa shape index (κ3) is 6.90. The number of hydrogen-bond donors (Lipinski definition) is 2. The summed E-state index contributed by atoms with van der Waals surface area (Å²) in [6.07, 6.45) is 2.23. The van der Waals surface area contributed by atoms with Gasteiger partial charge in [0.1, 0.15) is 6.04 Å². The van der Waals surface area contributed by atoms with Crippen LogP contribution in [0.4, 0.5) is 0 Å². The third-order valence-corrected chi connectivity index (χ3v) is 2.05. The lowest BCUT2D eigenvalue weighted by Gasteiger charge is -2.14. The van der Waals surface area contributed by atoms with Gasteiger partial charge >= 0.3 is 11.9 Å². The molecule has 0 saturated heterocycles. The number of ether oxygens (including phenoxy) is 1. The van der Waals surface area contributed by atoms with Crippen LogP contribution in [-0.2, 0) is 14.3 Å². The number of esters is 1. The number of carboxylic acids is 1. The minimum absolute atomic E-state index is 0.0289. The molecule has 0 aliphatic rings. The van der Waals surface area contributed by atoms with Gasteiger partial charge in [0.15, 0.2) is 0 Å². The van der Waals surface area contributed by atoms with Gasteiger partial charge in [-0.1, -0.05) is 13.3 Å². The summed E-state index contributed by atoms with van der Waals surface area (Å²) < 4.78 is 4.58. The molecule has 1 unspecified atom stereocenters. The van der Waals surface area contributed by atoms with Crippen LogP contribution < -0.4 is 5.32 Å². The van der Waals surface area contributed by atoms with E-state index in [1.165, 1.54) is 7.11 Å². The molecule has 0 rings (SSSR count). The van der Waals surface area contributed by atoms with Crippen molar-refractivity contribution < 1.29 is 19.4 Å². The number of methoxy groups -OCH3 is 1. The van der Waals surface area contributed by atoms with Crippen molar-refractivity contribution in [3.63, 3.8) is 0 Å². The van der Waals surface area contributed by atoms with Gasteiger partial charge < -0.3 is 15.2 Å². The van der Waals surface area contributed by atoms with Crippen LogP contribution in [0.2, 0.25) is 0 Å². The second kappa shape index (κ2) is 8.23. The van der Waals surface area contributed by atoms with E-state index in [9.17, 15) is 9.59 Å². The Bertz CT molecular complexity index is 206. The second-order valence-electron chi connectivity index (χ2n) is 3.32. The van der Waals surface area contributed by atoms with E-state index in [2.05, 4.69) is 10.1 Å². The highest BCUT2D eigenvalue weighted by Gasteiger charge is 2.18. The van der Waals surface area contributed by atoms with Gasteiger partial charge in [0.25, 0.3) is 0 Å². The molecule has 0 spiro atoms. The van der Waals surface area contributed by atoms with Crippen molar-refractivity contribution >= 4 is 11.9 Å². The van der Waals surface area contributed by atoms with Gasteiger partial charge in [0.2, 0.25) is 0 Å². The van der Waals surface area contributed by atoms with Gasteiger partial charge in [-0.05, 0) is 19.4 Å². The van der Waals surface area contributed by atoms with E-state index >= 15 is 0 Å². The Morgan fingerprint density at radius 3 is 2.60 bits per heavy atom. The highest BCUT2D eigenvalue weighted by atomic mass is 16.5. The van der Waals surface area contributed by atoms with Crippen LogP contribution in [0.15, 0.2) is 0 Å². The maximum absolute atomic E-state index is 11.2. The molecule has 0 heterocycles. The first kappa shape index (κ1) is 13.9. The Balaban J connectivity index is 3.95. The molecule has 0 radical (unpaired) electrons. The van der Waals surface area contributed by atoms with Crippen LogP contribution in [0, 0.1) is 0 Å². The molecule has 0 fully saturated rings. The number of unbranched alkanes of at least 4 members (excludes halogenated alkanes) is 1. The number of hydrogen-bond acceptors (Lipinski definition) is 4. The molecular weight excluding hydrogens is 198 g/mol. The van der Waals surface area contributed by atoms with Gasteiger partial charge in [-0.2, -0.15) is 0 Å². The Morgan fingerprint density at radius 1 is 1.47 bits per heavy atom. The number of aliphatic carboxylic acids is 1. The van der Waals surface area contributed by atoms with Crippen molar-refractivity contribution in [3.05, 3.63) is 0 Å². The highest BCUT2D eigenvalue weighted by molar-refractivity contribution is 5.76. The molecule has 0 amide bonds. The molecule has 0 aliphatic heterocycles. The fraction of sp³-hybridized carbons (Fsp3) is 0.800. The summed E-state index contributed by atoms with van der Waals surface area (Å²) in [4.78, 5) is 21.6.